The summed E-state index contributed by atoms with van der Waals surface area (Å²) in [7, 11) is 4.26. The number of likely N-dealkylation sites (N-methyl/N-ethyl adjacent to an activating group) is 1. The molecule has 6 nitrogen and oxygen atoms in total. The summed E-state index contributed by atoms with van der Waals surface area (Å²) in [6, 6.07) is 9.84. The van der Waals surface area contributed by atoms with Gasteiger partial charge in [0.05, 0.1) is 25.8 Å². The fourth-order valence-corrected chi connectivity index (χ4v) is 3.17. The molecule has 1 saturated heterocycles. The molecule has 1 atom stereocenters. The zero-order valence-corrected chi connectivity index (χ0v) is 15.0. The highest BCUT2D eigenvalue weighted by atomic mass is 19.1. The van der Waals surface area contributed by atoms with Crippen molar-refractivity contribution in [1.29, 1.82) is 0 Å². The molecule has 1 amide bonds. The van der Waals surface area contributed by atoms with Gasteiger partial charge >= 0.3 is 0 Å². The fraction of sp³-hybridized carbons (Fsp3) is 0.200. The second-order valence-electron chi connectivity index (χ2n) is 6.00. The van der Waals surface area contributed by atoms with Gasteiger partial charge in [-0.15, -0.1) is 0 Å². The van der Waals surface area contributed by atoms with E-state index in [1.54, 1.807) is 24.3 Å². The number of aliphatic hydroxyl groups is 1. The van der Waals surface area contributed by atoms with Gasteiger partial charge in [0.15, 0.2) is 11.6 Å². The van der Waals surface area contributed by atoms with Crippen LogP contribution in [0, 0.1) is 5.82 Å². The number of hydrogen-bond acceptors (Lipinski definition) is 5. The third kappa shape index (κ3) is 3.01. The minimum Gasteiger partial charge on any atom is -0.507 e. The van der Waals surface area contributed by atoms with E-state index in [1.165, 1.54) is 38.3 Å². The van der Waals surface area contributed by atoms with E-state index in [4.69, 9.17) is 9.47 Å². The number of carbonyl (C=O) groups is 2. The largest absolute Gasteiger partial charge is 0.507 e. The lowest BCUT2D eigenvalue weighted by Gasteiger charge is -2.22. The van der Waals surface area contributed by atoms with Gasteiger partial charge in [-0.2, -0.15) is 0 Å². The summed E-state index contributed by atoms with van der Waals surface area (Å²) >= 11 is 0. The van der Waals surface area contributed by atoms with Crippen molar-refractivity contribution in [3.63, 3.8) is 0 Å². The summed E-state index contributed by atoms with van der Waals surface area (Å²) in [5, 5.41) is 10.7. The van der Waals surface area contributed by atoms with E-state index in [2.05, 4.69) is 0 Å². The number of Topliss-reactive ketones (excluding diaryl/α,β-unsaturated/α-hetero) is 1. The zero-order valence-electron chi connectivity index (χ0n) is 15.0. The molecule has 0 aliphatic carbocycles. The van der Waals surface area contributed by atoms with E-state index in [0.29, 0.717) is 11.3 Å². The van der Waals surface area contributed by atoms with Crippen LogP contribution in [0.2, 0.25) is 0 Å². The van der Waals surface area contributed by atoms with Crippen molar-refractivity contribution in [2.45, 2.75) is 6.04 Å². The predicted octanol–water partition coefficient (Wildman–Crippen LogP) is 2.89. The van der Waals surface area contributed by atoms with Crippen molar-refractivity contribution >= 4 is 17.4 Å². The van der Waals surface area contributed by atoms with Crippen LogP contribution < -0.4 is 9.47 Å². The Morgan fingerprint density at radius 3 is 2.37 bits per heavy atom. The zero-order chi connectivity index (χ0) is 19.7. The first kappa shape index (κ1) is 18.4. The minimum absolute atomic E-state index is 0.00349. The van der Waals surface area contributed by atoms with Gasteiger partial charge in [-0.05, 0) is 24.3 Å². The molecule has 0 aromatic heterocycles. The second-order valence-corrected chi connectivity index (χ2v) is 6.00. The Morgan fingerprint density at radius 1 is 1.07 bits per heavy atom. The molecule has 0 bridgehead atoms. The molecular formula is C20H18FNO5. The van der Waals surface area contributed by atoms with Crippen molar-refractivity contribution in [3.8, 4) is 11.5 Å². The Balaban J connectivity index is 2.20. The number of rotatable bonds is 4. The highest BCUT2D eigenvalue weighted by molar-refractivity contribution is 6.46. The molecule has 1 aliphatic heterocycles. The van der Waals surface area contributed by atoms with Crippen LogP contribution in [0.3, 0.4) is 0 Å². The van der Waals surface area contributed by atoms with E-state index in [-0.39, 0.29) is 16.9 Å². The minimum atomic E-state index is -0.855. The number of nitrogens with zero attached hydrogens (tertiary/aromatic N) is 1. The molecule has 140 valence electrons. The van der Waals surface area contributed by atoms with Crippen molar-refractivity contribution in [3.05, 3.63) is 65.0 Å². The number of halogens is 1. The molecular weight excluding hydrogens is 353 g/mol. The van der Waals surface area contributed by atoms with Gasteiger partial charge in [0.1, 0.15) is 11.5 Å². The maximum absolute atomic E-state index is 14.0. The van der Waals surface area contributed by atoms with Crippen LogP contribution >= 0.6 is 0 Å². The first-order valence-electron chi connectivity index (χ1n) is 8.12. The normalized spacial score (nSPS) is 18.7. The Hall–Kier alpha value is -3.35. The molecule has 1 aliphatic rings. The van der Waals surface area contributed by atoms with E-state index in [1.807, 2.05) is 0 Å². The number of likely N-dealkylation sites (tertiary alicyclic amines) is 1. The molecule has 7 heteroatoms. The number of aliphatic hydroxyl groups excluding tert-OH is 1. The summed E-state index contributed by atoms with van der Waals surface area (Å²) in [5.74, 6) is -2.30. The molecule has 0 spiro atoms. The Labute approximate surface area is 155 Å². The molecule has 0 saturated carbocycles. The van der Waals surface area contributed by atoms with Gasteiger partial charge in [-0.25, -0.2) is 4.39 Å². The molecule has 1 heterocycles. The number of para-hydroxylation sites is 1. The average molecular weight is 371 g/mol. The quantitative estimate of drug-likeness (QED) is 0.508. The van der Waals surface area contributed by atoms with Gasteiger partial charge in [0.25, 0.3) is 11.7 Å². The maximum atomic E-state index is 14.0. The molecule has 2 aromatic carbocycles. The van der Waals surface area contributed by atoms with Gasteiger partial charge in [-0.1, -0.05) is 18.2 Å². The van der Waals surface area contributed by atoms with Gasteiger partial charge in [-0.3, -0.25) is 9.59 Å². The highest BCUT2D eigenvalue weighted by Gasteiger charge is 2.45. The summed E-state index contributed by atoms with van der Waals surface area (Å²) < 4.78 is 24.2. The molecule has 1 fully saturated rings. The molecule has 3 rings (SSSR count). The standard InChI is InChI=1S/C20H18FNO5/c1-22-17(12-6-4-5-7-14(12)26-2)16(19(24)20(22)25)18(23)11-8-9-15(27-3)13(21)10-11/h4-10,17,23H,1-3H3/b18-16+. The van der Waals surface area contributed by atoms with Crippen molar-refractivity contribution in [1.82, 2.24) is 4.90 Å². The fourth-order valence-electron chi connectivity index (χ4n) is 3.17. The number of carbonyl (C=O) groups excluding carboxylic acids is 2. The SMILES string of the molecule is COc1ccc(/C(O)=C2\C(=O)C(=O)N(C)C2c2ccccc2OC)cc1F. The number of ketones is 1. The number of benzene rings is 2. The third-order valence-corrected chi connectivity index (χ3v) is 4.53. The lowest BCUT2D eigenvalue weighted by molar-refractivity contribution is -0.139. The first-order chi connectivity index (χ1) is 12.9. The van der Waals surface area contributed by atoms with Crippen molar-refractivity contribution < 1.29 is 28.6 Å². The molecule has 0 radical (unpaired) electrons. The molecule has 27 heavy (non-hydrogen) atoms. The van der Waals surface area contributed by atoms with Crippen LogP contribution in [0.25, 0.3) is 5.76 Å². The summed E-state index contributed by atoms with van der Waals surface area (Å²) in [4.78, 5) is 26.1. The van der Waals surface area contributed by atoms with Gasteiger partial charge in [0, 0.05) is 18.2 Å². The summed E-state index contributed by atoms with van der Waals surface area (Å²) in [6.45, 7) is 0. The molecule has 1 unspecified atom stereocenters. The van der Waals surface area contributed by atoms with Crippen LogP contribution in [0.5, 0.6) is 11.5 Å². The number of methoxy groups -OCH3 is 2. The van der Waals surface area contributed by atoms with Gasteiger partial charge < -0.3 is 19.5 Å². The van der Waals surface area contributed by atoms with Crippen LogP contribution in [0.15, 0.2) is 48.0 Å². The van der Waals surface area contributed by atoms with Crippen LogP contribution in [-0.2, 0) is 9.59 Å². The van der Waals surface area contributed by atoms with Crippen molar-refractivity contribution in [2.24, 2.45) is 0 Å². The smallest absolute Gasteiger partial charge is 0.295 e. The lowest BCUT2D eigenvalue weighted by Crippen LogP contribution is -2.25. The second kappa shape index (κ2) is 7.11. The molecule has 1 N–H and O–H groups in total. The Bertz CT molecular complexity index is 953. The first-order valence-corrected chi connectivity index (χ1v) is 8.12. The maximum Gasteiger partial charge on any atom is 0.295 e. The molecule has 2 aromatic rings. The average Bonchev–Trinajstić information content (AvgIpc) is 2.91. The van der Waals surface area contributed by atoms with E-state index in [0.717, 1.165) is 6.07 Å². The summed E-state index contributed by atoms with van der Waals surface area (Å²) in [6.07, 6.45) is 0. The topological polar surface area (TPSA) is 76.1 Å². The monoisotopic (exact) mass is 371 g/mol. The van der Waals surface area contributed by atoms with E-state index in [9.17, 15) is 19.1 Å². The third-order valence-electron chi connectivity index (χ3n) is 4.53. The lowest BCUT2D eigenvalue weighted by atomic mass is 9.94. The van der Waals surface area contributed by atoms with E-state index < -0.39 is 29.3 Å². The van der Waals surface area contributed by atoms with E-state index >= 15 is 0 Å². The highest BCUT2D eigenvalue weighted by Crippen LogP contribution is 2.41. The Kier molecular flexibility index (Phi) is 4.85. The van der Waals surface area contributed by atoms with Gasteiger partial charge in [0.2, 0.25) is 0 Å². The van der Waals surface area contributed by atoms with Crippen LogP contribution in [0.4, 0.5) is 4.39 Å². The van der Waals surface area contributed by atoms with Crippen molar-refractivity contribution in [2.75, 3.05) is 21.3 Å². The van der Waals surface area contributed by atoms with Crippen LogP contribution in [-0.4, -0.2) is 43.0 Å². The predicted molar refractivity (Wildman–Crippen MR) is 96.0 cm³/mol. The number of amides is 1. The Morgan fingerprint density at radius 2 is 1.74 bits per heavy atom. The summed E-state index contributed by atoms with van der Waals surface area (Å²) in [5.41, 5.74) is 0.480. The van der Waals surface area contributed by atoms with Crippen LogP contribution in [0.1, 0.15) is 17.2 Å². The number of hydrogen-bond donors (Lipinski definition) is 1. The number of ether oxygens (including phenoxy) is 2.